The van der Waals surface area contributed by atoms with Crippen LogP contribution in [0.25, 0.3) is 0 Å². The smallest absolute Gasteiger partial charge is 0.241 e. The highest BCUT2D eigenvalue weighted by molar-refractivity contribution is 7.92. The van der Waals surface area contributed by atoms with Gasteiger partial charge in [0.1, 0.15) is 5.75 Å². The molecule has 0 aliphatic carbocycles. The third-order valence-corrected chi connectivity index (χ3v) is 6.29. The first-order chi connectivity index (χ1) is 11.3. The van der Waals surface area contributed by atoms with Crippen molar-refractivity contribution in [2.45, 2.75) is 19.8 Å². The Morgan fingerprint density at radius 3 is 2.79 bits per heavy atom. The van der Waals surface area contributed by atoms with Crippen LogP contribution in [0.1, 0.15) is 23.8 Å². The monoisotopic (exact) mass is 406 g/mol. The van der Waals surface area contributed by atoms with Crippen LogP contribution in [-0.2, 0) is 21.1 Å². The van der Waals surface area contributed by atoms with E-state index in [2.05, 4.69) is 10.3 Å². The largest absolute Gasteiger partial charge is 0.301 e. The Labute approximate surface area is 154 Å². The molecule has 1 amide bonds. The second-order valence-electron chi connectivity index (χ2n) is 5.18. The number of thiazole rings is 1. The van der Waals surface area contributed by atoms with Gasteiger partial charge in [0.15, 0.2) is 15.0 Å². The fraction of sp³-hybridized carbons (Fsp3) is 0.333. The minimum Gasteiger partial charge on any atom is -0.301 e. The van der Waals surface area contributed by atoms with Gasteiger partial charge in [0, 0.05) is 27.5 Å². The second kappa shape index (κ2) is 8.29. The van der Waals surface area contributed by atoms with Crippen molar-refractivity contribution in [2.24, 2.45) is 0 Å². The zero-order chi connectivity index (χ0) is 17.7. The number of anilines is 1. The summed E-state index contributed by atoms with van der Waals surface area (Å²) in [6.07, 6.45) is 2.64. The molecule has 0 spiro atoms. The normalized spacial score (nSPS) is 11.5. The second-order valence-corrected chi connectivity index (χ2v) is 9.33. The van der Waals surface area contributed by atoms with E-state index < -0.39 is 21.5 Å². The number of hydrogen-bond acceptors (Lipinski definition) is 5. The molecule has 9 heteroatoms. The number of aromatic nitrogens is 1. The van der Waals surface area contributed by atoms with Crippen molar-refractivity contribution in [1.29, 1.82) is 0 Å². The Hall–Kier alpha value is -1.15. The molecule has 2 rings (SSSR count). The number of carbonyl (C=O) groups is 1. The van der Waals surface area contributed by atoms with Gasteiger partial charge in [-0.15, -0.1) is 11.3 Å². The third kappa shape index (κ3) is 5.73. The van der Waals surface area contributed by atoms with E-state index in [-0.39, 0.29) is 5.75 Å². The highest BCUT2D eigenvalue weighted by Crippen LogP contribution is 2.26. The van der Waals surface area contributed by atoms with Gasteiger partial charge >= 0.3 is 0 Å². The first-order valence-electron chi connectivity index (χ1n) is 7.18. The first-order valence-corrected chi connectivity index (χ1v) is 10.6. The molecule has 130 valence electrons. The number of nitrogens with one attached hydrogen (secondary N) is 1. The molecule has 1 aromatic carbocycles. The van der Waals surface area contributed by atoms with E-state index in [1.807, 2.05) is 0 Å². The summed E-state index contributed by atoms with van der Waals surface area (Å²) in [5.41, 5.74) is 0.858. The van der Waals surface area contributed by atoms with E-state index in [0.29, 0.717) is 28.0 Å². The molecule has 1 heterocycles. The van der Waals surface area contributed by atoms with Gasteiger partial charge in [-0.05, 0) is 30.2 Å². The molecular weight excluding hydrogens is 391 g/mol. The molecule has 0 radical (unpaired) electrons. The summed E-state index contributed by atoms with van der Waals surface area (Å²) in [5.74, 6) is -1.11. The van der Waals surface area contributed by atoms with Crippen LogP contribution in [0.2, 0.25) is 10.0 Å². The highest BCUT2D eigenvalue weighted by Gasteiger charge is 2.17. The molecule has 24 heavy (non-hydrogen) atoms. The van der Waals surface area contributed by atoms with Gasteiger partial charge in [-0.1, -0.05) is 30.1 Å². The Kier molecular flexibility index (Phi) is 6.62. The minimum absolute atomic E-state index is 0.00317. The third-order valence-electron chi connectivity index (χ3n) is 3.04. The fourth-order valence-electron chi connectivity index (χ4n) is 2.05. The predicted octanol–water partition coefficient (Wildman–Crippen LogP) is 3.80. The van der Waals surface area contributed by atoms with Crippen molar-refractivity contribution in [3.05, 3.63) is 44.9 Å². The summed E-state index contributed by atoms with van der Waals surface area (Å²) in [7, 11) is -3.37. The maximum atomic E-state index is 11.8. The zero-order valence-electron chi connectivity index (χ0n) is 12.9. The molecule has 0 bridgehead atoms. The Morgan fingerprint density at radius 2 is 2.08 bits per heavy atom. The standard InChI is InChI=1S/C15H16Cl2N2O3S2/c1-2-5-24(21,22)9-14(20)19-15-18-8-12(23-15)7-10-6-11(16)3-4-13(10)17/h3-4,6,8H,2,5,7,9H2,1H3,(H,18,19,20). The fourth-order valence-corrected chi connectivity index (χ4v) is 4.52. The number of hydrogen-bond donors (Lipinski definition) is 1. The van der Waals surface area contributed by atoms with E-state index in [1.165, 1.54) is 11.3 Å². The van der Waals surface area contributed by atoms with Crippen LogP contribution in [0.4, 0.5) is 5.13 Å². The Bertz CT molecular complexity index is 835. The van der Waals surface area contributed by atoms with Crippen LogP contribution in [0.5, 0.6) is 0 Å². The average Bonchev–Trinajstić information content (AvgIpc) is 2.89. The summed E-state index contributed by atoms with van der Waals surface area (Å²) in [6.45, 7) is 1.75. The van der Waals surface area contributed by atoms with Crippen LogP contribution >= 0.6 is 34.5 Å². The van der Waals surface area contributed by atoms with E-state index >= 15 is 0 Å². The molecule has 0 fully saturated rings. The van der Waals surface area contributed by atoms with E-state index in [4.69, 9.17) is 23.2 Å². The first kappa shape index (κ1) is 19.2. The maximum Gasteiger partial charge on any atom is 0.241 e. The van der Waals surface area contributed by atoms with Gasteiger partial charge < -0.3 is 5.32 Å². The number of halogens is 2. The molecule has 1 aromatic heterocycles. The number of amides is 1. The van der Waals surface area contributed by atoms with Crippen molar-refractivity contribution in [3.8, 4) is 0 Å². The molecule has 0 saturated heterocycles. The van der Waals surface area contributed by atoms with Crippen molar-refractivity contribution < 1.29 is 13.2 Å². The summed E-state index contributed by atoms with van der Waals surface area (Å²) in [5, 5.41) is 4.07. The summed E-state index contributed by atoms with van der Waals surface area (Å²) < 4.78 is 23.3. The number of carbonyl (C=O) groups excluding carboxylic acids is 1. The predicted molar refractivity (Wildman–Crippen MR) is 99.0 cm³/mol. The van der Waals surface area contributed by atoms with Gasteiger partial charge in [0.25, 0.3) is 0 Å². The number of sulfone groups is 1. The lowest BCUT2D eigenvalue weighted by molar-refractivity contribution is -0.113. The van der Waals surface area contributed by atoms with Crippen molar-refractivity contribution in [2.75, 3.05) is 16.8 Å². The highest BCUT2D eigenvalue weighted by atomic mass is 35.5. The number of nitrogens with zero attached hydrogens (tertiary/aromatic N) is 1. The molecule has 5 nitrogen and oxygen atoms in total. The number of benzene rings is 1. The molecule has 0 unspecified atom stereocenters. The summed E-state index contributed by atoms with van der Waals surface area (Å²) in [4.78, 5) is 16.8. The molecular formula is C15H16Cl2N2O3S2. The topological polar surface area (TPSA) is 76.1 Å². The zero-order valence-corrected chi connectivity index (χ0v) is 16.0. The Balaban J connectivity index is 2.00. The molecule has 0 saturated carbocycles. The van der Waals surface area contributed by atoms with Gasteiger partial charge in [-0.2, -0.15) is 0 Å². The SMILES string of the molecule is CCCS(=O)(=O)CC(=O)Nc1ncc(Cc2cc(Cl)ccc2Cl)s1. The lowest BCUT2D eigenvalue weighted by Crippen LogP contribution is -2.24. The maximum absolute atomic E-state index is 11.8. The van der Waals surface area contributed by atoms with Gasteiger partial charge in [0.2, 0.25) is 5.91 Å². The molecule has 0 atom stereocenters. The lowest BCUT2D eigenvalue weighted by atomic mass is 10.1. The van der Waals surface area contributed by atoms with Crippen molar-refractivity contribution in [3.63, 3.8) is 0 Å². The van der Waals surface area contributed by atoms with Crippen molar-refractivity contribution >= 4 is 55.4 Å². The van der Waals surface area contributed by atoms with E-state index in [9.17, 15) is 13.2 Å². The molecule has 2 aromatic rings. The average molecular weight is 407 g/mol. The van der Waals surface area contributed by atoms with Crippen LogP contribution in [-0.4, -0.2) is 30.8 Å². The van der Waals surface area contributed by atoms with Crippen LogP contribution < -0.4 is 5.32 Å². The molecule has 0 aliphatic rings. The Morgan fingerprint density at radius 1 is 1.33 bits per heavy atom. The molecule has 1 N–H and O–H groups in total. The van der Waals surface area contributed by atoms with Crippen LogP contribution in [0, 0.1) is 0 Å². The van der Waals surface area contributed by atoms with Gasteiger partial charge in [-0.3, -0.25) is 4.79 Å². The summed E-state index contributed by atoms with van der Waals surface area (Å²) >= 11 is 13.4. The minimum atomic E-state index is -3.37. The number of rotatable bonds is 7. The quantitative estimate of drug-likeness (QED) is 0.758. The van der Waals surface area contributed by atoms with Gasteiger partial charge in [0.05, 0.1) is 5.75 Å². The van der Waals surface area contributed by atoms with E-state index in [0.717, 1.165) is 10.4 Å². The van der Waals surface area contributed by atoms with Gasteiger partial charge in [-0.25, -0.2) is 13.4 Å². The van der Waals surface area contributed by atoms with Crippen molar-refractivity contribution in [1.82, 2.24) is 4.98 Å². The molecule has 0 aliphatic heterocycles. The van der Waals surface area contributed by atoms with Crippen LogP contribution in [0.3, 0.4) is 0 Å². The van der Waals surface area contributed by atoms with E-state index in [1.54, 1.807) is 31.3 Å². The van der Waals surface area contributed by atoms with Crippen LogP contribution in [0.15, 0.2) is 24.4 Å². The lowest BCUT2D eigenvalue weighted by Gasteiger charge is -2.03. The summed E-state index contributed by atoms with van der Waals surface area (Å²) in [6, 6.07) is 5.21.